The number of carbonyl (C=O) groups is 2. The number of rotatable bonds is 12. The Morgan fingerprint density at radius 2 is 1.77 bits per heavy atom. The van der Waals surface area contributed by atoms with Crippen molar-refractivity contribution >= 4 is 46.3 Å². The molecule has 0 radical (unpaired) electrons. The number of hydrogen-bond donors (Lipinski definition) is 2. The molecule has 1 fully saturated rings. The molecule has 2 N–H and O–H groups in total. The predicted molar refractivity (Wildman–Crippen MR) is 163 cm³/mol. The molecule has 4 rings (SSSR count). The Balaban J connectivity index is 1.79. The van der Waals surface area contributed by atoms with E-state index < -0.39 is 65.7 Å². The van der Waals surface area contributed by atoms with Gasteiger partial charge in [0.15, 0.2) is 0 Å². The summed E-state index contributed by atoms with van der Waals surface area (Å²) in [6, 6.07) is 18.1. The van der Waals surface area contributed by atoms with Crippen molar-refractivity contribution in [3.63, 3.8) is 0 Å². The lowest BCUT2D eigenvalue weighted by Crippen LogP contribution is -2.58. The summed E-state index contributed by atoms with van der Waals surface area (Å²) in [6.07, 6.45) is -2.20. The third kappa shape index (κ3) is 8.00. The van der Waals surface area contributed by atoms with Crippen LogP contribution in [0.2, 0.25) is 10.0 Å². The summed E-state index contributed by atoms with van der Waals surface area (Å²) >= 11 is 10.1. The zero-order chi connectivity index (χ0) is 31.3. The summed E-state index contributed by atoms with van der Waals surface area (Å²) in [4.78, 5) is 27.5. The van der Waals surface area contributed by atoms with Crippen molar-refractivity contribution in [1.82, 2.24) is 9.21 Å². The van der Waals surface area contributed by atoms with E-state index in [1.54, 1.807) is 78.6 Å². The van der Waals surface area contributed by atoms with Gasteiger partial charge in [-0.05, 0) is 66.8 Å². The smallest absolute Gasteiger partial charge is 0.306 e. The fourth-order valence-corrected chi connectivity index (χ4v) is 6.51. The number of morpholine rings is 1. The fourth-order valence-electron chi connectivity index (χ4n) is 5.50. The molecule has 0 aromatic heterocycles. The fraction of sp³-hybridized carbons (Fsp3) is 0.355. The van der Waals surface area contributed by atoms with Crippen LogP contribution in [-0.4, -0.2) is 59.7 Å². The maximum absolute atomic E-state index is 14.4. The number of carboxylic acid groups (broad SMARTS) is 1. The van der Waals surface area contributed by atoms with E-state index in [0.29, 0.717) is 33.2 Å². The van der Waals surface area contributed by atoms with Gasteiger partial charge in [0, 0.05) is 28.7 Å². The van der Waals surface area contributed by atoms with Gasteiger partial charge in [0.1, 0.15) is 18.0 Å². The van der Waals surface area contributed by atoms with Gasteiger partial charge in [-0.3, -0.25) is 14.1 Å². The normalized spacial score (nSPS) is 21.0. The minimum atomic E-state index is -2.46. The van der Waals surface area contributed by atoms with Gasteiger partial charge in [0.25, 0.3) is 5.91 Å². The molecule has 230 valence electrons. The maximum atomic E-state index is 14.4. The van der Waals surface area contributed by atoms with Gasteiger partial charge in [0.2, 0.25) is 11.3 Å². The first-order valence-electron chi connectivity index (χ1n) is 13.8. The first-order chi connectivity index (χ1) is 20.5. The molecule has 3 aromatic carbocycles. The van der Waals surface area contributed by atoms with E-state index in [4.69, 9.17) is 27.9 Å². The lowest BCUT2D eigenvalue weighted by molar-refractivity contribution is -0.184. The van der Waals surface area contributed by atoms with E-state index in [9.17, 15) is 27.8 Å². The van der Waals surface area contributed by atoms with Crippen LogP contribution < -0.4 is 0 Å². The summed E-state index contributed by atoms with van der Waals surface area (Å²) in [5.74, 6) is -2.19. The van der Waals surface area contributed by atoms with Crippen LogP contribution in [0, 0.1) is 5.82 Å². The number of carboxylic acids is 1. The standard InChI is InChI=1S/C31H33Cl2FN2O6S/c1-3-25(18-35(43(40)41)19(2)15-21-7-4-5-10-26(21)34)36-29(20-11-13-23(32)14-12-20)30(22-8-6-9-24(33)16-22)42-27(31(36)39)17-28(37)38/h4-14,16,19,25,27,29-30H,3,15,17-18H2,1-2H3,(H,37,38)(H,40,41)/t19-,25?,27+,29+,30+/m0/s1. The maximum Gasteiger partial charge on any atom is 0.306 e. The van der Waals surface area contributed by atoms with Crippen LogP contribution in [0.4, 0.5) is 4.39 Å². The van der Waals surface area contributed by atoms with Crippen LogP contribution in [0.15, 0.2) is 72.8 Å². The molecular weight excluding hydrogens is 618 g/mol. The summed E-state index contributed by atoms with van der Waals surface area (Å²) in [7, 11) is 0. The average Bonchev–Trinajstić information content (AvgIpc) is 2.96. The van der Waals surface area contributed by atoms with E-state index in [0.717, 1.165) is 0 Å². The number of amides is 1. The van der Waals surface area contributed by atoms with Gasteiger partial charge in [-0.2, -0.15) is 4.31 Å². The number of carbonyl (C=O) groups excluding carboxylic acids is 1. The van der Waals surface area contributed by atoms with E-state index in [-0.39, 0.29) is 13.0 Å². The largest absolute Gasteiger partial charge is 0.481 e. The van der Waals surface area contributed by atoms with Gasteiger partial charge in [-0.25, -0.2) is 8.60 Å². The summed E-state index contributed by atoms with van der Waals surface area (Å²) in [5, 5.41) is 10.6. The molecule has 1 aliphatic heterocycles. The van der Waals surface area contributed by atoms with Gasteiger partial charge < -0.3 is 14.7 Å². The highest BCUT2D eigenvalue weighted by Gasteiger charge is 2.47. The summed E-state index contributed by atoms with van der Waals surface area (Å²) < 4.78 is 45.0. The number of hydrogen-bond acceptors (Lipinski definition) is 4. The second-order valence-corrected chi connectivity index (χ2v) is 12.3. The molecule has 0 aliphatic carbocycles. The Bertz CT molecular complexity index is 1460. The van der Waals surface area contributed by atoms with Crippen LogP contribution in [0.25, 0.3) is 0 Å². The minimum Gasteiger partial charge on any atom is -0.481 e. The van der Waals surface area contributed by atoms with E-state index in [2.05, 4.69) is 0 Å². The zero-order valence-corrected chi connectivity index (χ0v) is 25.9. The molecule has 0 spiro atoms. The molecule has 1 aliphatic rings. The number of halogens is 3. The Hall–Kier alpha value is -2.86. The number of nitrogens with zero attached hydrogens (tertiary/aromatic N) is 2. The molecule has 8 nitrogen and oxygen atoms in total. The summed E-state index contributed by atoms with van der Waals surface area (Å²) in [6.45, 7) is 3.51. The van der Waals surface area contributed by atoms with Gasteiger partial charge in [-0.1, -0.05) is 72.6 Å². The first kappa shape index (κ1) is 33.0. The van der Waals surface area contributed by atoms with Gasteiger partial charge in [0.05, 0.1) is 12.5 Å². The topological polar surface area (TPSA) is 107 Å². The molecule has 12 heteroatoms. The Morgan fingerprint density at radius 3 is 2.37 bits per heavy atom. The quantitative estimate of drug-likeness (QED) is 0.218. The highest BCUT2D eigenvalue weighted by Crippen LogP contribution is 2.44. The second kappa shape index (κ2) is 14.7. The molecule has 43 heavy (non-hydrogen) atoms. The predicted octanol–water partition coefficient (Wildman–Crippen LogP) is 6.47. The molecule has 0 bridgehead atoms. The molecule has 6 atom stereocenters. The molecule has 1 saturated heterocycles. The van der Waals surface area contributed by atoms with Crippen LogP contribution in [0.1, 0.15) is 55.5 Å². The Morgan fingerprint density at radius 1 is 1.07 bits per heavy atom. The van der Waals surface area contributed by atoms with E-state index in [1.807, 2.05) is 6.92 Å². The Kier molecular flexibility index (Phi) is 11.3. The summed E-state index contributed by atoms with van der Waals surface area (Å²) in [5.41, 5.74) is 1.69. The molecule has 1 amide bonds. The lowest BCUT2D eigenvalue weighted by atomic mass is 9.89. The van der Waals surface area contributed by atoms with Crippen molar-refractivity contribution in [2.45, 2.75) is 63.4 Å². The van der Waals surface area contributed by atoms with Gasteiger partial charge >= 0.3 is 5.97 Å². The number of benzene rings is 3. The average molecular weight is 652 g/mol. The van der Waals surface area contributed by atoms with Crippen molar-refractivity contribution in [2.75, 3.05) is 6.54 Å². The zero-order valence-electron chi connectivity index (χ0n) is 23.6. The first-order valence-corrected chi connectivity index (χ1v) is 15.6. The van der Waals surface area contributed by atoms with Crippen molar-refractivity contribution < 1.29 is 32.6 Å². The number of aliphatic carboxylic acids is 1. The van der Waals surface area contributed by atoms with Crippen molar-refractivity contribution in [1.29, 1.82) is 0 Å². The molecule has 0 saturated carbocycles. The van der Waals surface area contributed by atoms with Crippen LogP contribution in [-0.2, 0) is 32.0 Å². The third-order valence-corrected chi connectivity index (χ3v) is 8.99. The third-order valence-electron chi connectivity index (χ3n) is 7.60. The molecule has 1 heterocycles. The highest BCUT2D eigenvalue weighted by molar-refractivity contribution is 7.76. The van der Waals surface area contributed by atoms with Gasteiger partial charge in [-0.15, -0.1) is 0 Å². The molecular formula is C31H33Cl2FN2O6S. The van der Waals surface area contributed by atoms with Crippen molar-refractivity contribution in [2.24, 2.45) is 0 Å². The van der Waals surface area contributed by atoms with Crippen LogP contribution >= 0.6 is 23.2 Å². The van der Waals surface area contributed by atoms with E-state index in [1.165, 1.54) is 10.4 Å². The van der Waals surface area contributed by atoms with Crippen LogP contribution in [0.3, 0.4) is 0 Å². The van der Waals surface area contributed by atoms with Crippen LogP contribution in [0.5, 0.6) is 0 Å². The SMILES string of the molecule is CCC(CN([C@@H](C)Cc1ccccc1F)S(=O)O)N1C(=O)[C@@H](CC(=O)O)O[C@H](c2cccc(Cl)c2)[C@H]1c1ccc(Cl)cc1. The second-order valence-electron chi connectivity index (χ2n) is 10.5. The lowest BCUT2D eigenvalue weighted by Gasteiger charge is -2.48. The molecule has 3 aromatic rings. The molecule has 2 unspecified atom stereocenters. The number of ether oxygens (including phenoxy) is 1. The van der Waals surface area contributed by atoms with E-state index >= 15 is 0 Å². The monoisotopic (exact) mass is 650 g/mol. The van der Waals surface area contributed by atoms with Crippen molar-refractivity contribution in [3.8, 4) is 0 Å². The Labute approximate surface area is 262 Å². The minimum absolute atomic E-state index is 0.0485. The highest BCUT2D eigenvalue weighted by atomic mass is 35.5. The van der Waals surface area contributed by atoms with Crippen molar-refractivity contribution in [3.05, 3.63) is 105 Å².